The normalized spacial score (nSPS) is 30.9. The number of hydrogen-bond donors (Lipinski definition) is 1. The molecule has 0 spiro atoms. The van der Waals surface area contributed by atoms with Gasteiger partial charge in [0.25, 0.3) is 0 Å². The van der Waals surface area contributed by atoms with Gasteiger partial charge in [-0.1, -0.05) is 0 Å². The van der Waals surface area contributed by atoms with Gasteiger partial charge >= 0.3 is 5.97 Å². The summed E-state index contributed by atoms with van der Waals surface area (Å²) in [4.78, 5) is 31.8. The molecule has 3 fully saturated rings. The van der Waals surface area contributed by atoms with Crippen LogP contribution in [0, 0.1) is 11.8 Å². The number of hydrogen-bond acceptors (Lipinski definition) is 7. The van der Waals surface area contributed by atoms with Gasteiger partial charge in [0.05, 0.1) is 31.4 Å². The number of ether oxygens (including phenoxy) is 1. The van der Waals surface area contributed by atoms with Crippen molar-refractivity contribution in [3.8, 4) is 0 Å². The number of rotatable bonds is 5. The molecule has 1 saturated carbocycles. The number of nitrogens with zero attached hydrogens (tertiary/aromatic N) is 3. The number of esters is 1. The molecule has 2 aliphatic heterocycles. The van der Waals surface area contributed by atoms with Gasteiger partial charge in [0.1, 0.15) is 5.76 Å². The summed E-state index contributed by atoms with van der Waals surface area (Å²) in [5, 5.41) is 9.53. The summed E-state index contributed by atoms with van der Waals surface area (Å²) < 4.78 is 10.8. The quantitative estimate of drug-likeness (QED) is 0.716. The third-order valence-electron chi connectivity index (χ3n) is 6.36. The van der Waals surface area contributed by atoms with Crippen molar-refractivity contribution in [2.45, 2.75) is 38.5 Å². The molecule has 1 aromatic heterocycles. The van der Waals surface area contributed by atoms with E-state index in [2.05, 4.69) is 9.80 Å². The van der Waals surface area contributed by atoms with Crippen molar-refractivity contribution in [1.29, 1.82) is 0 Å². The lowest BCUT2D eigenvalue weighted by atomic mass is 9.81. The molecule has 1 N–H and O–H groups in total. The van der Waals surface area contributed by atoms with Gasteiger partial charge in [0, 0.05) is 51.2 Å². The first kappa shape index (κ1) is 20.4. The van der Waals surface area contributed by atoms with Crippen LogP contribution in [0.15, 0.2) is 22.8 Å². The summed E-state index contributed by atoms with van der Waals surface area (Å²) in [6, 6.07) is 3.99. The molecule has 4 rings (SSSR count). The summed E-state index contributed by atoms with van der Waals surface area (Å²) in [6.07, 6.45) is 2.51. The van der Waals surface area contributed by atoms with Crippen LogP contribution in [0.25, 0.3) is 0 Å². The highest BCUT2D eigenvalue weighted by Crippen LogP contribution is 2.30. The van der Waals surface area contributed by atoms with Crippen LogP contribution in [-0.4, -0.2) is 89.7 Å². The van der Waals surface area contributed by atoms with E-state index in [-0.39, 0.29) is 35.9 Å². The molecule has 0 unspecified atom stereocenters. The molecule has 8 heteroatoms. The monoisotopic (exact) mass is 405 g/mol. The van der Waals surface area contributed by atoms with Crippen molar-refractivity contribution >= 4 is 11.9 Å². The predicted molar refractivity (Wildman–Crippen MR) is 105 cm³/mol. The third-order valence-corrected chi connectivity index (χ3v) is 6.36. The Balaban J connectivity index is 1.45. The molecule has 0 aromatic carbocycles. The number of aliphatic hydroxyl groups is 1. The second-order valence-electron chi connectivity index (χ2n) is 8.48. The molecule has 2 saturated heterocycles. The summed E-state index contributed by atoms with van der Waals surface area (Å²) in [7, 11) is 0. The second kappa shape index (κ2) is 8.85. The molecule has 3 heterocycles. The second-order valence-corrected chi connectivity index (χ2v) is 8.48. The summed E-state index contributed by atoms with van der Waals surface area (Å²) in [6.45, 7) is 7.00. The lowest BCUT2D eigenvalue weighted by Crippen LogP contribution is -2.59. The van der Waals surface area contributed by atoms with Crippen LogP contribution >= 0.6 is 0 Å². The highest BCUT2D eigenvalue weighted by atomic mass is 16.5. The predicted octanol–water partition coefficient (Wildman–Crippen LogP) is 0.558. The molecule has 0 bridgehead atoms. The van der Waals surface area contributed by atoms with Crippen LogP contribution in [0.5, 0.6) is 0 Å². The van der Waals surface area contributed by atoms with Crippen LogP contribution in [0.3, 0.4) is 0 Å². The summed E-state index contributed by atoms with van der Waals surface area (Å²) >= 11 is 0. The van der Waals surface area contributed by atoms with Crippen molar-refractivity contribution in [2.75, 3.05) is 45.9 Å². The standard InChI is InChI=1S/C21H31N3O5/c1-2-28-21(27)16-10-22(14-19-4-3-7-29-19)12-17-13-24(6-5-23(17)11-16)20(26)15-8-18(25)9-15/h3-4,7,15-18,25H,2,5-6,8-14H2,1H3/t15?,16-,17-,18?/m0/s1. The van der Waals surface area contributed by atoms with Gasteiger partial charge in [-0.05, 0) is 31.9 Å². The van der Waals surface area contributed by atoms with Crippen molar-refractivity contribution < 1.29 is 23.8 Å². The first-order valence-electron chi connectivity index (χ1n) is 10.7. The maximum atomic E-state index is 12.8. The Kier molecular flexibility index (Phi) is 6.22. The molecule has 3 aliphatic rings. The van der Waals surface area contributed by atoms with Crippen molar-refractivity contribution in [1.82, 2.24) is 14.7 Å². The van der Waals surface area contributed by atoms with Gasteiger partial charge in [0.15, 0.2) is 0 Å². The van der Waals surface area contributed by atoms with Gasteiger partial charge in [-0.3, -0.25) is 19.4 Å². The summed E-state index contributed by atoms with van der Waals surface area (Å²) in [5.74, 6) is 0.638. The Morgan fingerprint density at radius 1 is 1.17 bits per heavy atom. The number of amides is 1. The minimum atomic E-state index is -0.322. The number of furan rings is 1. The zero-order chi connectivity index (χ0) is 20.4. The van der Waals surface area contributed by atoms with E-state index in [4.69, 9.17) is 9.15 Å². The number of carbonyl (C=O) groups excluding carboxylic acids is 2. The van der Waals surface area contributed by atoms with E-state index < -0.39 is 0 Å². The topological polar surface area (TPSA) is 86.5 Å². The van der Waals surface area contributed by atoms with Gasteiger partial charge in [0.2, 0.25) is 5.91 Å². The Hall–Kier alpha value is -1.90. The molecule has 2 atom stereocenters. The van der Waals surface area contributed by atoms with Crippen LogP contribution in [0.1, 0.15) is 25.5 Å². The molecule has 1 aliphatic carbocycles. The minimum absolute atomic E-state index is 0.0335. The van der Waals surface area contributed by atoms with E-state index in [9.17, 15) is 14.7 Å². The molecular formula is C21H31N3O5. The first-order valence-corrected chi connectivity index (χ1v) is 10.7. The van der Waals surface area contributed by atoms with E-state index in [0.717, 1.165) is 18.8 Å². The molecule has 1 aromatic rings. The molecular weight excluding hydrogens is 374 g/mol. The average Bonchev–Trinajstić information content (AvgIpc) is 3.11. The van der Waals surface area contributed by atoms with Crippen LogP contribution in [-0.2, 0) is 20.9 Å². The number of aliphatic hydroxyl groups excluding tert-OH is 1. The van der Waals surface area contributed by atoms with Gasteiger partial charge in [-0.25, -0.2) is 0 Å². The molecule has 29 heavy (non-hydrogen) atoms. The van der Waals surface area contributed by atoms with E-state index >= 15 is 0 Å². The van der Waals surface area contributed by atoms with Crippen LogP contribution in [0.2, 0.25) is 0 Å². The van der Waals surface area contributed by atoms with Crippen LogP contribution in [0.4, 0.5) is 0 Å². The smallest absolute Gasteiger partial charge is 0.311 e. The van der Waals surface area contributed by atoms with E-state index in [1.165, 1.54) is 0 Å². The maximum Gasteiger partial charge on any atom is 0.311 e. The Morgan fingerprint density at radius 3 is 2.69 bits per heavy atom. The zero-order valence-electron chi connectivity index (χ0n) is 17.0. The van der Waals surface area contributed by atoms with Crippen LogP contribution < -0.4 is 0 Å². The summed E-state index contributed by atoms with van der Waals surface area (Å²) in [5.41, 5.74) is 0. The van der Waals surface area contributed by atoms with Crippen molar-refractivity contribution in [2.24, 2.45) is 11.8 Å². The average molecular weight is 405 g/mol. The van der Waals surface area contributed by atoms with E-state index in [1.54, 1.807) is 6.26 Å². The lowest BCUT2D eigenvalue weighted by molar-refractivity contribution is -0.150. The number of fused-ring (bicyclic) bond motifs is 1. The fraction of sp³-hybridized carbons (Fsp3) is 0.714. The molecule has 160 valence electrons. The van der Waals surface area contributed by atoms with Gasteiger partial charge in [-0.2, -0.15) is 0 Å². The Labute approximate surface area is 171 Å². The molecule has 1 amide bonds. The van der Waals surface area contributed by atoms with Crippen molar-refractivity contribution in [3.05, 3.63) is 24.2 Å². The minimum Gasteiger partial charge on any atom is -0.468 e. The molecule has 8 nitrogen and oxygen atoms in total. The fourth-order valence-electron chi connectivity index (χ4n) is 4.74. The lowest BCUT2D eigenvalue weighted by Gasteiger charge is -2.44. The zero-order valence-corrected chi connectivity index (χ0v) is 17.0. The number of piperazine rings is 1. The first-order chi connectivity index (χ1) is 14.0. The number of carbonyl (C=O) groups is 2. The SMILES string of the molecule is CCOC(=O)[C@H]1CN(Cc2ccco2)C[C@H]2CN(C(=O)C3CC(O)C3)CCN2C1. The fourth-order valence-corrected chi connectivity index (χ4v) is 4.74. The highest BCUT2D eigenvalue weighted by Gasteiger charge is 2.41. The largest absolute Gasteiger partial charge is 0.468 e. The Morgan fingerprint density at radius 2 is 2.00 bits per heavy atom. The van der Waals surface area contributed by atoms with E-state index in [0.29, 0.717) is 52.2 Å². The van der Waals surface area contributed by atoms with Crippen molar-refractivity contribution in [3.63, 3.8) is 0 Å². The van der Waals surface area contributed by atoms with Gasteiger partial charge < -0.3 is 19.2 Å². The highest BCUT2D eigenvalue weighted by molar-refractivity contribution is 5.80. The van der Waals surface area contributed by atoms with Gasteiger partial charge in [-0.15, -0.1) is 0 Å². The third kappa shape index (κ3) is 4.65. The maximum absolute atomic E-state index is 12.8. The Bertz CT molecular complexity index is 703. The molecule has 0 radical (unpaired) electrons. The van der Waals surface area contributed by atoms with E-state index in [1.807, 2.05) is 24.0 Å².